The molecule has 0 aliphatic carbocycles. The van der Waals surface area contributed by atoms with E-state index >= 15 is 0 Å². The molecule has 0 unspecified atom stereocenters. The van der Waals surface area contributed by atoms with Gasteiger partial charge in [0.15, 0.2) is 0 Å². The van der Waals surface area contributed by atoms with E-state index in [9.17, 15) is 18.0 Å². The highest BCUT2D eigenvalue weighted by Crippen LogP contribution is 2.30. The van der Waals surface area contributed by atoms with E-state index in [0.717, 1.165) is 11.6 Å². The van der Waals surface area contributed by atoms with Crippen molar-refractivity contribution in [3.05, 3.63) is 35.4 Å². The molecule has 1 rings (SSSR count). The average Bonchev–Trinajstić information content (AvgIpc) is 2.35. The summed E-state index contributed by atoms with van der Waals surface area (Å²) >= 11 is 0. The van der Waals surface area contributed by atoms with E-state index < -0.39 is 12.3 Å². The van der Waals surface area contributed by atoms with Crippen molar-refractivity contribution in [2.24, 2.45) is 0 Å². The summed E-state index contributed by atoms with van der Waals surface area (Å²) in [7, 11) is 1.18. The topological polar surface area (TPSA) is 35.5 Å². The zero-order valence-corrected chi connectivity index (χ0v) is 11.3. The first-order chi connectivity index (χ1) is 9.23. The van der Waals surface area contributed by atoms with Crippen molar-refractivity contribution in [1.29, 1.82) is 0 Å². The maximum atomic E-state index is 12.3. The number of methoxy groups -OCH3 is 1. The molecule has 1 aromatic carbocycles. The van der Waals surface area contributed by atoms with Crippen molar-refractivity contribution in [3.8, 4) is 5.75 Å². The molecule has 0 aromatic heterocycles. The van der Waals surface area contributed by atoms with Crippen LogP contribution in [-0.4, -0.2) is 19.4 Å². The van der Waals surface area contributed by atoms with Gasteiger partial charge in [-0.2, -0.15) is 0 Å². The molecule has 0 bridgehead atoms. The van der Waals surface area contributed by atoms with E-state index in [4.69, 9.17) is 0 Å². The zero-order chi connectivity index (χ0) is 15.3. The lowest BCUT2D eigenvalue weighted by atomic mass is 10.00. The molecule has 0 radical (unpaired) electrons. The fraction of sp³-hybridized carbons (Fsp3) is 0.357. The molecule has 0 saturated carbocycles. The van der Waals surface area contributed by atoms with E-state index in [2.05, 4.69) is 9.47 Å². The van der Waals surface area contributed by atoms with Crippen molar-refractivity contribution in [1.82, 2.24) is 0 Å². The smallest absolute Gasteiger partial charge is 0.466 e. The SMILES string of the molecule is COC(=O)/C=C/c1cc(C(C)C)ccc1OC(F)(F)F. The third kappa shape index (κ3) is 4.95. The molecular weight excluding hydrogens is 273 g/mol. The Morgan fingerprint density at radius 3 is 2.45 bits per heavy atom. The molecule has 0 aliphatic rings. The number of ether oxygens (including phenoxy) is 2. The highest BCUT2D eigenvalue weighted by atomic mass is 19.4. The van der Waals surface area contributed by atoms with Gasteiger partial charge < -0.3 is 9.47 Å². The van der Waals surface area contributed by atoms with Gasteiger partial charge in [0.1, 0.15) is 5.75 Å². The van der Waals surface area contributed by atoms with Gasteiger partial charge in [0, 0.05) is 11.6 Å². The normalized spacial score (nSPS) is 11.9. The molecule has 0 heterocycles. The number of benzene rings is 1. The Hall–Kier alpha value is -1.98. The van der Waals surface area contributed by atoms with Gasteiger partial charge in [-0.15, -0.1) is 13.2 Å². The third-order valence-corrected chi connectivity index (χ3v) is 2.53. The predicted octanol–water partition coefficient (Wildman–Crippen LogP) is 3.89. The van der Waals surface area contributed by atoms with Crippen LogP contribution in [0, 0.1) is 0 Å². The molecule has 0 spiro atoms. The summed E-state index contributed by atoms with van der Waals surface area (Å²) in [4.78, 5) is 11.0. The van der Waals surface area contributed by atoms with Gasteiger partial charge in [-0.1, -0.05) is 19.9 Å². The number of hydrogen-bond acceptors (Lipinski definition) is 3. The Morgan fingerprint density at radius 2 is 1.95 bits per heavy atom. The second-order valence-electron chi connectivity index (χ2n) is 4.36. The average molecular weight is 288 g/mol. The van der Waals surface area contributed by atoms with Crippen LogP contribution in [0.3, 0.4) is 0 Å². The molecule has 0 fully saturated rings. The summed E-state index contributed by atoms with van der Waals surface area (Å²) in [5.74, 6) is -0.875. The zero-order valence-electron chi connectivity index (χ0n) is 11.3. The van der Waals surface area contributed by atoms with Gasteiger partial charge in [-0.05, 0) is 29.7 Å². The molecule has 0 atom stereocenters. The summed E-state index contributed by atoms with van der Waals surface area (Å²) in [6.07, 6.45) is -2.51. The standard InChI is InChI=1S/C14H15F3O3/c1-9(2)10-4-6-12(20-14(15,16)17)11(8-10)5-7-13(18)19-3/h4-9H,1-3H3/b7-5+. The van der Waals surface area contributed by atoms with Crippen molar-refractivity contribution in [3.63, 3.8) is 0 Å². The molecule has 0 saturated heterocycles. The first-order valence-corrected chi connectivity index (χ1v) is 5.88. The number of carbonyl (C=O) groups is 1. The lowest BCUT2D eigenvalue weighted by Gasteiger charge is -2.14. The number of esters is 1. The highest BCUT2D eigenvalue weighted by molar-refractivity contribution is 5.87. The van der Waals surface area contributed by atoms with Gasteiger partial charge in [-0.3, -0.25) is 0 Å². The van der Waals surface area contributed by atoms with Crippen molar-refractivity contribution < 1.29 is 27.4 Å². The number of carbonyl (C=O) groups excluding carboxylic acids is 1. The van der Waals surface area contributed by atoms with Crippen LogP contribution in [0.25, 0.3) is 6.08 Å². The van der Waals surface area contributed by atoms with Gasteiger partial charge in [-0.25, -0.2) is 4.79 Å². The fourth-order valence-corrected chi connectivity index (χ4v) is 1.50. The Labute approximate surface area is 115 Å². The first-order valence-electron chi connectivity index (χ1n) is 5.88. The minimum atomic E-state index is -4.78. The van der Waals surface area contributed by atoms with Gasteiger partial charge in [0.25, 0.3) is 0 Å². The minimum absolute atomic E-state index is 0.139. The van der Waals surface area contributed by atoms with E-state index in [1.165, 1.54) is 19.3 Å². The molecule has 20 heavy (non-hydrogen) atoms. The van der Waals surface area contributed by atoms with Gasteiger partial charge in [0.2, 0.25) is 0 Å². The highest BCUT2D eigenvalue weighted by Gasteiger charge is 2.31. The summed E-state index contributed by atoms with van der Waals surface area (Å²) < 4.78 is 45.3. The number of halogens is 3. The van der Waals surface area contributed by atoms with Crippen LogP contribution in [0.2, 0.25) is 0 Å². The van der Waals surface area contributed by atoms with Crippen LogP contribution >= 0.6 is 0 Å². The van der Waals surface area contributed by atoms with Gasteiger partial charge in [0.05, 0.1) is 7.11 Å². The van der Waals surface area contributed by atoms with Crippen LogP contribution < -0.4 is 4.74 Å². The second-order valence-corrected chi connectivity index (χ2v) is 4.36. The lowest BCUT2D eigenvalue weighted by Crippen LogP contribution is -2.17. The van der Waals surface area contributed by atoms with Gasteiger partial charge >= 0.3 is 12.3 Å². The largest absolute Gasteiger partial charge is 0.573 e. The molecule has 3 nitrogen and oxygen atoms in total. The molecular formula is C14H15F3O3. The molecule has 0 aliphatic heterocycles. The molecule has 0 N–H and O–H groups in total. The summed E-state index contributed by atoms with van der Waals surface area (Å²) in [5, 5.41) is 0. The molecule has 6 heteroatoms. The summed E-state index contributed by atoms with van der Waals surface area (Å²) in [6.45, 7) is 3.82. The van der Waals surface area contributed by atoms with Crippen LogP contribution in [-0.2, 0) is 9.53 Å². The Morgan fingerprint density at radius 1 is 1.30 bits per heavy atom. The third-order valence-electron chi connectivity index (χ3n) is 2.53. The Balaban J connectivity index is 3.16. The Bertz CT molecular complexity index is 505. The van der Waals surface area contributed by atoms with Crippen molar-refractivity contribution in [2.45, 2.75) is 26.1 Å². The first kappa shape index (κ1) is 16.1. The second kappa shape index (κ2) is 6.45. The Kier molecular flexibility index (Phi) is 5.19. The summed E-state index contributed by atoms with van der Waals surface area (Å²) in [5.41, 5.74) is 1.00. The summed E-state index contributed by atoms with van der Waals surface area (Å²) in [6, 6.07) is 4.34. The maximum Gasteiger partial charge on any atom is 0.573 e. The van der Waals surface area contributed by atoms with E-state index in [1.807, 2.05) is 13.8 Å². The van der Waals surface area contributed by atoms with E-state index in [0.29, 0.717) is 0 Å². The fourth-order valence-electron chi connectivity index (χ4n) is 1.50. The number of alkyl halides is 3. The quantitative estimate of drug-likeness (QED) is 0.622. The van der Waals surface area contributed by atoms with Crippen molar-refractivity contribution in [2.75, 3.05) is 7.11 Å². The molecule has 1 aromatic rings. The van der Waals surface area contributed by atoms with Crippen LogP contribution in [0.5, 0.6) is 5.75 Å². The van der Waals surface area contributed by atoms with Crippen LogP contribution in [0.15, 0.2) is 24.3 Å². The number of hydrogen-bond donors (Lipinski definition) is 0. The monoisotopic (exact) mass is 288 g/mol. The molecule has 110 valence electrons. The lowest BCUT2D eigenvalue weighted by molar-refractivity contribution is -0.274. The molecule has 0 amide bonds. The number of rotatable bonds is 4. The van der Waals surface area contributed by atoms with Crippen LogP contribution in [0.1, 0.15) is 30.9 Å². The van der Waals surface area contributed by atoms with E-state index in [-0.39, 0.29) is 17.2 Å². The minimum Gasteiger partial charge on any atom is -0.466 e. The van der Waals surface area contributed by atoms with Crippen molar-refractivity contribution >= 4 is 12.0 Å². The van der Waals surface area contributed by atoms with E-state index in [1.54, 1.807) is 12.1 Å². The maximum absolute atomic E-state index is 12.3. The van der Waals surface area contributed by atoms with Crippen LogP contribution in [0.4, 0.5) is 13.2 Å². The predicted molar refractivity (Wildman–Crippen MR) is 68.3 cm³/mol.